The van der Waals surface area contributed by atoms with Crippen LogP contribution in [-0.4, -0.2) is 24.5 Å². The van der Waals surface area contributed by atoms with E-state index >= 15 is 0 Å². The second kappa shape index (κ2) is 7.18. The van der Waals surface area contributed by atoms with E-state index in [-0.39, 0.29) is 0 Å². The third-order valence-corrected chi connectivity index (χ3v) is 2.16. The first kappa shape index (κ1) is 11.5. The molecule has 0 aliphatic carbocycles. The predicted octanol–water partition coefficient (Wildman–Crippen LogP) is 2.38. The summed E-state index contributed by atoms with van der Waals surface area (Å²) in [6.07, 6.45) is 1.20. The van der Waals surface area contributed by atoms with Crippen molar-refractivity contribution < 1.29 is 0 Å². The molecule has 0 aromatic rings. The highest BCUT2D eigenvalue weighted by Crippen LogP contribution is 2.01. The van der Waals surface area contributed by atoms with E-state index in [4.69, 9.17) is 0 Å². The Hall–Kier alpha value is -0.480. The van der Waals surface area contributed by atoms with Crippen LogP contribution in [0.25, 0.3) is 0 Å². The Labute approximate surface area is 77.1 Å². The summed E-state index contributed by atoms with van der Waals surface area (Å²) >= 11 is 0. The molecule has 0 saturated carbocycles. The Bertz CT molecular complexity index is 148. The average Bonchev–Trinajstić information content (AvgIpc) is 2.07. The normalized spacial score (nSPS) is 12.4. The number of hydrogen-bond donors (Lipinski definition) is 0. The third-order valence-electron chi connectivity index (χ3n) is 2.16. The zero-order valence-corrected chi connectivity index (χ0v) is 8.85. The lowest BCUT2D eigenvalue weighted by atomic mass is 10.1. The lowest BCUT2D eigenvalue weighted by Crippen LogP contribution is -2.25. The molecule has 12 heavy (non-hydrogen) atoms. The minimum absolute atomic E-state index is 0.551. The van der Waals surface area contributed by atoms with Gasteiger partial charge in [0.15, 0.2) is 0 Å². The quantitative estimate of drug-likeness (QED) is 0.568. The van der Waals surface area contributed by atoms with Gasteiger partial charge in [0.05, 0.1) is 0 Å². The minimum Gasteiger partial charge on any atom is -0.304 e. The van der Waals surface area contributed by atoms with Crippen LogP contribution in [0, 0.1) is 17.8 Å². The van der Waals surface area contributed by atoms with Crippen molar-refractivity contribution in [3.8, 4) is 11.8 Å². The zero-order chi connectivity index (χ0) is 9.40. The first-order chi connectivity index (χ1) is 5.74. The Morgan fingerprint density at radius 1 is 1.25 bits per heavy atom. The van der Waals surface area contributed by atoms with Crippen molar-refractivity contribution >= 4 is 0 Å². The van der Waals surface area contributed by atoms with Gasteiger partial charge in [-0.3, -0.25) is 0 Å². The highest BCUT2D eigenvalue weighted by atomic mass is 15.1. The van der Waals surface area contributed by atoms with Gasteiger partial charge in [0.2, 0.25) is 0 Å². The molecule has 0 aromatic heterocycles. The molecule has 0 spiro atoms. The van der Waals surface area contributed by atoms with Crippen molar-refractivity contribution in [3.63, 3.8) is 0 Å². The van der Waals surface area contributed by atoms with Gasteiger partial charge in [0.1, 0.15) is 0 Å². The van der Waals surface area contributed by atoms with Crippen LogP contribution in [0.3, 0.4) is 0 Å². The maximum absolute atomic E-state index is 3.17. The molecule has 1 nitrogen and oxygen atoms in total. The van der Waals surface area contributed by atoms with Gasteiger partial charge in [-0.2, -0.15) is 0 Å². The molecule has 0 radical (unpaired) electrons. The van der Waals surface area contributed by atoms with E-state index in [0.717, 1.165) is 13.1 Å². The lowest BCUT2D eigenvalue weighted by molar-refractivity contribution is 0.290. The number of rotatable bonds is 5. The molecule has 1 heteroatoms. The van der Waals surface area contributed by atoms with Gasteiger partial charge in [-0.1, -0.05) is 20.8 Å². The van der Waals surface area contributed by atoms with Crippen molar-refractivity contribution in [3.05, 3.63) is 0 Å². The number of nitrogens with zero attached hydrogens (tertiary/aromatic N) is 1. The topological polar surface area (TPSA) is 3.24 Å². The first-order valence-corrected chi connectivity index (χ1v) is 4.89. The van der Waals surface area contributed by atoms with E-state index in [1.807, 2.05) is 6.92 Å². The molecule has 0 amide bonds. The van der Waals surface area contributed by atoms with Crippen LogP contribution < -0.4 is 0 Å². The molecular formula is C11H21N. The van der Waals surface area contributed by atoms with Crippen LogP contribution in [0.1, 0.15) is 34.1 Å². The second-order valence-corrected chi connectivity index (χ2v) is 3.11. The maximum Gasteiger partial charge on any atom is 0.0186 e. The van der Waals surface area contributed by atoms with Crippen molar-refractivity contribution in [1.29, 1.82) is 0 Å². The Balaban J connectivity index is 3.55. The van der Waals surface area contributed by atoms with Crippen LogP contribution in [-0.2, 0) is 0 Å². The molecule has 1 atom stereocenters. The van der Waals surface area contributed by atoms with E-state index in [1.54, 1.807) is 0 Å². The summed E-state index contributed by atoms with van der Waals surface area (Å²) in [5.41, 5.74) is 0. The lowest BCUT2D eigenvalue weighted by Gasteiger charge is -2.18. The summed E-state index contributed by atoms with van der Waals surface area (Å²) in [6, 6.07) is 0. The van der Waals surface area contributed by atoms with Gasteiger partial charge >= 0.3 is 0 Å². The summed E-state index contributed by atoms with van der Waals surface area (Å²) in [5.74, 6) is 6.68. The molecule has 0 rings (SSSR count). The molecule has 0 aliphatic rings. The molecule has 70 valence electrons. The fraction of sp³-hybridized carbons (Fsp3) is 0.818. The first-order valence-electron chi connectivity index (χ1n) is 4.89. The van der Waals surface area contributed by atoms with Gasteiger partial charge in [0.25, 0.3) is 0 Å². The van der Waals surface area contributed by atoms with Crippen LogP contribution in [0.4, 0.5) is 0 Å². The van der Waals surface area contributed by atoms with Gasteiger partial charge in [-0.15, -0.1) is 11.8 Å². The molecule has 0 bridgehead atoms. The zero-order valence-electron chi connectivity index (χ0n) is 8.85. The van der Waals surface area contributed by atoms with Gasteiger partial charge in [-0.05, 0) is 33.0 Å². The summed E-state index contributed by atoms with van der Waals surface area (Å²) < 4.78 is 0. The average molecular weight is 167 g/mol. The summed E-state index contributed by atoms with van der Waals surface area (Å²) in [5, 5.41) is 0. The third kappa shape index (κ3) is 5.21. The monoisotopic (exact) mass is 167 g/mol. The summed E-state index contributed by atoms with van der Waals surface area (Å²) in [6.45, 7) is 12.0. The van der Waals surface area contributed by atoms with E-state index < -0.39 is 0 Å². The van der Waals surface area contributed by atoms with Crippen molar-refractivity contribution in [2.24, 2.45) is 5.92 Å². The molecule has 1 unspecified atom stereocenters. The molecule has 0 aliphatic heterocycles. The SMILES string of the molecule is CC#CC(C)CCN(CC)CC. The summed E-state index contributed by atoms with van der Waals surface area (Å²) in [4.78, 5) is 2.44. The van der Waals surface area contributed by atoms with Gasteiger partial charge in [-0.25, -0.2) is 0 Å². The molecular weight excluding hydrogens is 146 g/mol. The van der Waals surface area contributed by atoms with E-state index in [0.29, 0.717) is 5.92 Å². The highest BCUT2D eigenvalue weighted by molar-refractivity contribution is 4.99. The fourth-order valence-electron chi connectivity index (χ4n) is 1.23. The second-order valence-electron chi connectivity index (χ2n) is 3.11. The van der Waals surface area contributed by atoms with Crippen LogP contribution in [0.2, 0.25) is 0 Å². The molecule has 0 aromatic carbocycles. The Morgan fingerprint density at radius 3 is 2.25 bits per heavy atom. The summed E-state index contributed by atoms with van der Waals surface area (Å²) in [7, 11) is 0. The molecule has 0 saturated heterocycles. The minimum atomic E-state index is 0.551. The molecule has 0 N–H and O–H groups in total. The van der Waals surface area contributed by atoms with Crippen molar-refractivity contribution in [2.45, 2.75) is 34.1 Å². The fourth-order valence-corrected chi connectivity index (χ4v) is 1.23. The Morgan fingerprint density at radius 2 is 1.83 bits per heavy atom. The predicted molar refractivity (Wildman–Crippen MR) is 55.0 cm³/mol. The van der Waals surface area contributed by atoms with E-state index in [2.05, 4.69) is 37.5 Å². The highest BCUT2D eigenvalue weighted by Gasteiger charge is 2.01. The van der Waals surface area contributed by atoms with E-state index in [9.17, 15) is 0 Å². The Kier molecular flexibility index (Phi) is 6.90. The van der Waals surface area contributed by atoms with Crippen LogP contribution >= 0.6 is 0 Å². The molecule has 0 fully saturated rings. The smallest absolute Gasteiger partial charge is 0.0186 e. The largest absolute Gasteiger partial charge is 0.304 e. The van der Waals surface area contributed by atoms with Crippen LogP contribution in [0.15, 0.2) is 0 Å². The standard InChI is InChI=1S/C11H21N/c1-5-8-11(4)9-10-12(6-2)7-3/h11H,6-7,9-10H2,1-4H3. The maximum atomic E-state index is 3.17. The number of hydrogen-bond acceptors (Lipinski definition) is 1. The van der Waals surface area contributed by atoms with Gasteiger partial charge in [0, 0.05) is 5.92 Å². The van der Waals surface area contributed by atoms with Crippen molar-refractivity contribution in [2.75, 3.05) is 19.6 Å². The van der Waals surface area contributed by atoms with Gasteiger partial charge < -0.3 is 4.90 Å². The van der Waals surface area contributed by atoms with E-state index in [1.165, 1.54) is 13.0 Å². The van der Waals surface area contributed by atoms with Crippen molar-refractivity contribution in [1.82, 2.24) is 4.90 Å². The molecule has 0 heterocycles. The van der Waals surface area contributed by atoms with Crippen LogP contribution in [0.5, 0.6) is 0 Å².